The molecular weight excluding hydrogens is 244 g/mol. The van der Waals surface area contributed by atoms with Gasteiger partial charge in [-0.05, 0) is 42.3 Å². The van der Waals surface area contributed by atoms with Crippen LogP contribution in [-0.4, -0.2) is 11.5 Å². The lowest BCUT2D eigenvalue weighted by Crippen LogP contribution is -2.46. The highest BCUT2D eigenvalue weighted by molar-refractivity contribution is 5.85. The van der Waals surface area contributed by atoms with Gasteiger partial charge < -0.3 is 5.32 Å². The SMILES string of the molecule is CC(C)C1(c2cccc3ccncc23)CCCCCN1. The number of fused-ring (bicyclic) bond motifs is 1. The molecule has 1 aromatic carbocycles. The molecular formula is C18H24N2. The van der Waals surface area contributed by atoms with Crippen LogP contribution in [0.2, 0.25) is 0 Å². The first-order chi connectivity index (χ1) is 9.74. The molecule has 1 aliphatic rings. The van der Waals surface area contributed by atoms with Crippen LogP contribution in [0.3, 0.4) is 0 Å². The fourth-order valence-corrected chi connectivity index (χ4v) is 3.64. The van der Waals surface area contributed by atoms with Crippen molar-refractivity contribution in [3.8, 4) is 0 Å². The van der Waals surface area contributed by atoms with Gasteiger partial charge in [-0.1, -0.05) is 44.9 Å². The van der Waals surface area contributed by atoms with Crippen molar-refractivity contribution < 1.29 is 0 Å². The summed E-state index contributed by atoms with van der Waals surface area (Å²) in [4.78, 5) is 4.35. The van der Waals surface area contributed by atoms with Gasteiger partial charge in [-0.2, -0.15) is 0 Å². The third-order valence-electron chi connectivity index (χ3n) is 4.84. The summed E-state index contributed by atoms with van der Waals surface area (Å²) in [5.41, 5.74) is 1.53. The molecule has 1 N–H and O–H groups in total. The Morgan fingerprint density at radius 2 is 2.05 bits per heavy atom. The highest BCUT2D eigenvalue weighted by atomic mass is 15.0. The van der Waals surface area contributed by atoms with Crippen molar-refractivity contribution in [3.63, 3.8) is 0 Å². The standard InChI is InChI=1S/C18H24N2/c1-14(2)18(10-4-3-5-11-20-18)17-8-6-7-15-9-12-19-13-16(15)17/h6-9,12-14,20H,3-5,10-11H2,1-2H3. The largest absolute Gasteiger partial charge is 0.307 e. The lowest BCUT2D eigenvalue weighted by molar-refractivity contribution is 0.233. The topological polar surface area (TPSA) is 24.9 Å². The van der Waals surface area contributed by atoms with E-state index in [2.05, 4.69) is 48.4 Å². The summed E-state index contributed by atoms with van der Waals surface area (Å²) < 4.78 is 0. The fraction of sp³-hybridized carbons (Fsp3) is 0.500. The molecule has 2 heteroatoms. The third-order valence-corrected chi connectivity index (χ3v) is 4.84. The molecule has 1 fully saturated rings. The van der Waals surface area contributed by atoms with Gasteiger partial charge in [-0.3, -0.25) is 4.98 Å². The first-order valence-corrected chi connectivity index (χ1v) is 7.82. The molecule has 1 saturated heterocycles. The molecule has 0 bridgehead atoms. The maximum absolute atomic E-state index is 4.35. The van der Waals surface area contributed by atoms with Crippen molar-refractivity contribution in [1.82, 2.24) is 10.3 Å². The Hall–Kier alpha value is -1.41. The Balaban J connectivity index is 2.19. The number of nitrogens with zero attached hydrogens (tertiary/aromatic N) is 1. The second-order valence-electron chi connectivity index (χ2n) is 6.27. The predicted octanol–water partition coefficient (Wildman–Crippen LogP) is 4.25. The van der Waals surface area contributed by atoms with E-state index in [4.69, 9.17) is 0 Å². The molecule has 1 unspecified atom stereocenters. The van der Waals surface area contributed by atoms with Gasteiger partial charge in [0, 0.05) is 23.3 Å². The van der Waals surface area contributed by atoms with Crippen LogP contribution in [0.5, 0.6) is 0 Å². The Kier molecular flexibility index (Phi) is 3.75. The zero-order valence-electron chi connectivity index (χ0n) is 12.5. The molecule has 2 aromatic rings. The summed E-state index contributed by atoms with van der Waals surface area (Å²) in [6.07, 6.45) is 9.07. The molecule has 20 heavy (non-hydrogen) atoms. The number of benzene rings is 1. The third kappa shape index (κ3) is 2.22. The Morgan fingerprint density at radius 3 is 2.90 bits per heavy atom. The summed E-state index contributed by atoms with van der Waals surface area (Å²) in [6, 6.07) is 8.78. The normalized spacial score (nSPS) is 23.9. The molecule has 1 aliphatic heterocycles. The fourth-order valence-electron chi connectivity index (χ4n) is 3.64. The molecule has 0 aliphatic carbocycles. The average molecular weight is 268 g/mol. The van der Waals surface area contributed by atoms with Gasteiger partial charge in [0.25, 0.3) is 0 Å². The quantitative estimate of drug-likeness (QED) is 0.880. The second kappa shape index (κ2) is 5.53. The molecule has 1 aromatic heterocycles. The van der Waals surface area contributed by atoms with Crippen LogP contribution < -0.4 is 5.32 Å². The van der Waals surface area contributed by atoms with Crippen LogP contribution in [0.15, 0.2) is 36.7 Å². The number of aromatic nitrogens is 1. The van der Waals surface area contributed by atoms with Gasteiger partial charge >= 0.3 is 0 Å². The lowest BCUT2D eigenvalue weighted by Gasteiger charge is -2.39. The van der Waals surface area contributed by atoms with E-state index < -0.39 is 0 Å². The Labute approximate surface area is 121 Å². The number of hydrogen-bond donors (Lipinski definition) is 1. The molecule has 1 atom stereocenters. The lowest BCUT2D eigenvalue weighted by atomic mass is 9.75. The minimum atomic E-state index is 0.0963. The molecule has 2 nitrogen and oxygen atoms in total. The summed E-state index contributed by atoms with van der Waals surface area (Å²) in [6.45, 7) is 5.80. The van der Waals surface area contributed by atoms with E-state index in [1.807, 2.05) is 12.4 Å². The van der Waals surface area contributed by atoms with Gasteiger partial charge in [0.15, 0.2) is 0 Å². The summed E-state index contributed by atoms with van der Waals surface area (Å²) in [5, 5.41) is 6.47. The Bertz CT molecular complexity index is 575. The molecule has 0 radical (unpaired) electrons. The van der Waals surface area contributed by atoms with Crippen LogP contribution in [-0.2, 0) is 5.54 Å². The minimum Gasteiger partial charge on any atom is -0.307 e. The van der Waals surface area contributed by atoms with Crippen molar-refractivity contribution in [2.45, 2.75) is 45.1 Å². The molecule has 0 saturated carbocycles. The average Bonchev–Trinajstić information content (AvgIpc) is 2.73. The van der Waals surface area contributed by atoms with E-state index in [9.17, 15) is 0 Å². The van der Waals surface area contributed by atoms with Crippen molar-refractivity contribution in [2.24, 2.45) is 5.92 Å². The van der Waals surface area contributed by atoms with Gasteiger partial charge in [-0.25, -0.2) is 0 Å². The smallest absolute Gasteiger partial charge is 0.0464 e. The van der Waals surface area contributed by atoms with E-state index in [1.54, 1.807) is 0 Å². The van der Waals surface area contributed by atoms with E-state index in [0.717, 1.165) is 6.54 Å². The van der Waals surface area contributed by atoms with Crippen molar-refractivity contribution in [2.75, 3.05) is 6.54 Å². The number of rotatable bonds is 2. The summed E-state index contributed by atoms with van der Waals surface area (Å²) in [5.74, 6) is 0.575. The minimum absolute atomic E-state index is 0.0963. The van der Waals surface area contributed by atoms with Gasteiger partial charge in [0.2, 0.25) is 0 Å². The summed E-state index contributed by atoms with van der Waals surface area (Å²) in [7, 11) is 0. The number of nitrogens with one attached hydrogen (secondary N) is 1. The van der Waals surface area contributed by atoms with E-state index in [-0.39, 0.29) is 5.54 Å². The van der Waals surface area contributed by atoms with Crippen LogP contribution >= 0.6 is 0 Å². The highest BCUT2D eigenvalue weighted by Gasteiger charge is 2.36. The van der Waals surface area contributed by atoms with Crippen LogP contribution in [0.1, 0.15) is 45.1 Å². The second-order valence-corrected chi connectivity index (χ2v) is 6.27. The molecule has 106 valence electrons. The zero-order chi connectivity index (χ0) is 14.0. The van der Waals surface area contributed by atoms with Crippen molar-refractivity contribution in [1.29, 1.82) is 0 Å². The number of pyridine rings is 1. The van der Waals surface area contributed by atoms with E-state index in [1.165, 1.54) is 42.0 Å². The molecule has 0 spiro atoms. The number of hydrogen-bond acceptors (Lipinski definition) is 2. The van der Waals surface area contributed by atoms with Gasteiger partial charge in [0.05, 0.1) is 0 Å². The Morgan fingerprint density at radius 1 is 1.15 bits per heavy atom. The molecule has 3 rings (SSSR count). The van der Waals surface area contributed by atoms with Crippen LogP contribution in [0, 0.1) is 5.92 Å². The highest BCUT2D eigenvalue weighted by Crippen LogP contribution is 2.39. The molecule has 2 heterocycles. The monoisotopic (exact) mass is 268 g/mol. The van der Waals surface area contributed by atoms with Gasteiger partial charge in [0.1, 0.15) is 0 Å². The van der Waals surface area contributed by atoms with Crippen LogP contribution in [0.25, 0.3) is 10.8 Å². The van der Waals surface area contributed by atoms with Crippen LogP contribution in [0.4, 0.5) is 0 Å². The van der Waals surface area contributed by atoms with Crippen molar-refractivity contribution >= 4 is 10.8 Å². The maximum Gasteiger partial charge on any atom is 0.0464 e. The summed E-state index contributed by atoms with van der Waals surface area (Å²) >= 11 is 0. The first kappa shape index (κ1) is 13.6. The van der Waals surface area contributed by atoms with Crippen molar-refractivity contribution in [3.05, 3.63) is 42.2 Å². The predicted molar refractivity (Wildman–Crippen MR) is 84.7 cm³/mol. The first-order valence-electron chi connectivity index (χ1n) is 7.82. The van der Waals surface area contributed by atoms with E-state index >= 15 is 0 Å². The van der Waals surface area contributed by atoms with E-state index in [0.29, 0.717) is 5.92 Å². The zero-order valence-corrected chi connectivity index (χ0v) is 12.5. The van der Waals surface area contributed by atoms with Gasteiger partial charge in [-0.15, -0.1) is 0 Å². The maximum atomic E-state index is 4.35. The molecule has 0 amide bonds.